The SMILES string of the molecule is C/C=C/COc1ccccn1. The van der Waals surface area contributed by atoms with Gasteiger partial charge in [-0.1, -0.05) is 18.2 Å². The van der Waals surface area contributed by atoms with Gasteiger partial charge in [0.05, 0.1) is 0 Å². The van der Waals surface area contributed by atoms with Gasteiger partial charge < -0.3 is 4.74 Å². The molecule has 0 N–H and O–H groups in total. The molecule has 1 aromatic heterocycles. The lowest BCUT2D eigenvalue weighted by molar-refractivity contribution is 0.348. The second-order valence-corrected chi connectivity index (χ2v) is 2.05. The van der Waals surface area contributed by atoms with E-state index in [1.165, 1.54) is 0 Å². The van der Waals surface area contributed by atoms with E-state index >= 15 is 0 Å². The molecule has 0 amide bonds. The van der Waals surface area contributed by atoms with Gasteiger partial charge in [0.1, 0.15) is 6.61 Å². The second-order valence-electron chi connectivity index (χ2n) is 2.05. The number of hydrogen-bond acceptors (Lipinski definition) is 2. The Morgan fingerprint density at radius 3 is 3.09 bits per heavy atom. The van der Waals surface area contributed by atoms with Crippen LogP contribution < -0.4 is 4.74 Å². The summed E-state index contributed by atoms with van der Waals surface area (Å²) in [4.78, 5) is 3.99. The summed E-state index contributed by atoms with van der Waals surface area (Å²) in [6, 6.07) is 5.60. The predicted octanol–water partition coefficient (Wildman–Crippen LogP) is 2.04. The number of nitrogens with zero attached hydrogens (tertiary/aromatic N) is 1. The van der Waals surface area contributed by atoms with E-state index in [1.807, 2.05) is 37.3 Å². The smallest absolute Gasteiger partial charge is 0.213 e. The van der Waals surface area contributed by atoms with Crippen molar-refractivity contribution in [3.8, 4) is 5.88 Å². The van der Waals surface area contributed by atoms with Crippen LogP contribution in [-0.4, -0.2) is 11.6 Å². The summed E-state index contributed by atoms with van der Waals surface area (Å²) < 4.78 is 5.25. The molecule has 0 atom stereocenters. The minimum Gasteiger partial charge on any atom is -0.473 e. The summed E-state index contributed by atoms with van der Waals surface area (Å²) in [5.74, 6) is 0.672. The molecular weight excluding hydrogens is 138 g/mol. The molecule has 0 unspecified atom stereocenters. The van der Waals surface area contributed by atoms with Crippen LogP contribution in [0.25, 0.3) is 0 Å². The summed E-state index contributed by atoms with van der Waals surface area (Å²) in [7, 11) is 0. The van der Waals surface area contributed by atoms with Gasteiger partial charge in [-0.25, -0.2) is 4.98 Å². The van der Waals surface area contributed by atoms with Crippen LogP contribution in [-0.2, 0) is 0 Å². The number of allylic oxidation sites excluding steroid dienone is 1. The summed E-state index contributed by atoms with van der Waals surface area (Å²) in [6.07, 6.45) is 5.60. The molecule has 0 radical (unpaired) electrons. The van der Waals surface area contributed by atoms with Crippen LogP contribution in [0.5, 0.6) is 5.88 Å². The van der Waals surface area contributed by atoms with E-state index in [0.717, 1.165) is 0 Å². The Balaban J connectivity index is 2.39. The molecule has 2 nitrogen and oxygen atoms in total. The second kappa shape index (κ2) is 4.50. The number of hydrogen-bond donors (Lipinski definition) is 0. The Kier molecular flexibility index (Phi) is 3.19. The van der Waals surface area contributed by atoms with Crippen LogP contribution in [0.1, 0.15) is 6.92 Å². The highest BCUT2D eigenvalue weighted by atomic mass is 16.5. The lowest BCUT2D eigenvalue weighted by atomic mass is 10.5. The standard InChI is InChI=1S/C9H11NO/c1-2-3-8-11-9-6-4-5-7-10-9/h2-7H,8H2,1H3/b3-2+. The Bertz CT molecular complexity index is 218. The topological polar surface area (TPSA) is 22.1 Å². The van der Waals surface area contributed by atoms with E-state index in [-0.39, 0.29) is 0 Å². The average molecular weight is 149 g/mol. The third-order valence-corrected chi connectivity index (χ3v) is 1.20. The highest BCUT2D eigenvalue weighted by Gasteiger charge is 1.87. The third kappa shape index (κ3) is 2.85. The van der Waals surface area contributed by atoms with Crippen LogP contribution in [0.4, 0.5) is 0 Å². The van der Waals surface area contributed by atoms with Gasteiger partial charge in [-0.05, 0) is 13.0 Å². The van der Waals surface area contributed by atoms with Crippen molar-refractivity contribution in [3.05, 3.63) is 36.5 Å². The maximum absolute atomic E-state index is 5.25. The van der Waals surface area contributed by atoms with Crippen LogP contribution in [0.2, 0.25) is 0 Å². The van der Waals surface area contributed by atoms with E-state index in [4.69, 9.17) is 4.74 Å². The summed E-state index contributed by atoms with van der Waals surface area (Å²) in [6.45, 7) is 2.55. The summed E-state index contributed by atoms with van der Waals surface area (Å²) in [5, 5.41) is 0. The van der Waals surface area contributed by atoms with Gasteiger partial charge in [-0.15, -0.1) is 0 Å². The molecular formula is C9H11NO. The first kappa shape index (κ1) is 7.79. The Hall–Kier alpha value is -1.31. The van der Waals surface area contributed by atoms with Crippen molar-refractivity contribution in [2.24, 2.45) is 0 Å². The molecule has 1 rings (SSSR count). The van der Waals surface area contributed by atoms with Gasteiger partial charge in [-0.3, -0.25) is 0 Å². The monoisotopic (exact) mass is 149 g/mol. The van der Waals surface area contributed by atoms with Gasteiger partial charge >= 0.3 is 0 Å². The molecule has 1 aromatic rings. The van der Waals surface area contributed by atoms with Crippen molar-refractivity contribution in [1.82, 2.24) is 4.98 Å². The molecule has 0 saturated carbocycles. The number of pyridine rings is 1. The Labute approximate surface area is 66.5 Å². The zero-order valence-electron chi connectivity index (χ0n) is 6.53. The first-order chi connectivity index (χ1) is 5.43. The van der Waals surface area contributed by atoms with E-state index in [1.54, 1.807) is 6.20 Å². The molecule has 2 heteroatoms. The lowest BCUT2D eigenvalue weighted by Gasteiger charge is -1.98. The van der Waals surface area contributed by atoms with Crippen LogP contribution in [0.15, 0.2) is 36.5 Å². The fraction of sp³-hybridized carbons (Fsp3) is 0.222. The number of aromatic nitrogens is 1. The van der Waals surface area contributed by atoms with Crippen LogP contribution in [0.3, 0.4) is 0 Å². The molecule has 0 bridgehead atoms. The quantitative estimate of drug-likeness (QED) is 0.613. The normalized spacial score (nSPS) is 10.3. The van der Waals surface area contributed by atoms with Gasteiger partial charge in [0.2, 0.25) is 5.88 Å². The van der Waals surface area contributed by atoms with Gasteiger partial charge in [0.15, 0.2) is 0 Å². The molecule has 0 aromatic carbocycles. The highest BCUT2D eigenvalue weighted by Crippen LogP contribution is 2.02. The van der Waals surface area contributed by atoms with E-state index < -0.39 is 0 Å². The lowest BCUT2D eigenvalue weighted by Crippen LogP contribution is -1.94. The number of rotatable bonds is 3. The molecule has 11 heavy (non-hydrogen) atoms. The van der Waals surface area contributed by atoms with E-state index in [9.17, 15) is 0 Å². The molecule has 0 aliphatic rings. The molecule has 0 fully saturated rings. The van der Waals surface area contributed by atoms with E-state index in [2.05, 4.69) is 4.98 Å². The van der Waals surface area contributed by atoms with Gasteiger partial charge in [-0.2, -0.15) is 0 Å². The zero-order valence-corrected chi connectivity index (χ0v) is 6.53. The molecule has 0 aliphatic heterocycles. The molecule has 0 aliphatic carbocycles. The maximum Gasteiger partial charge on any atom is 0.213 e. The van der Waals surface area contributed by atoms with Crippen molar-refractivity contribution in [3.63, 3.8) is 0 Å². The van der Waals surface area contributed by atoms with Crippen molar-refractivity contribution >= 4 is 0 Å². The minimum atomic E-state index is 0.591. The van der Waals surface area contributed by atoms with Crippen molar-refractivity contribution in [2.75, 3.05) is 6.61 Å². The fourth-order valence-electron chi connectivity index (χ4n) is 0.662. The first-order valence-electron chi connectivity index (χ1n) is 3.58. The van der Waals surface area contributed by atoms with Crippen molar-refractivity contribution in [1.29, 1.82) is 0 Å². The molecule has 1 heterocycles. The largest absolute Gasteiger partial charge is 0.473 e. The first-order valence-corrected chi connectivity index (χ1v) is 3.58. The molecule has 0 saturated heterocycles. The Morgan fingerprint density at radius 1 is 1.55 bits per heavy atom. The van der Waals surface area contributed by atoms with Crippen LogP contribution in [0, 0.1) is 0 Å². The summed E-state index contributed by atoms with van der Waals surface area (Å²) in [5.41, 5.74) is 0. The van der Waals surface area contributed by atoms with Gasteiger partial charge in [0, 0.05) is 12.3 Å². The van der Waals surface area contributed by atoms with Gasteiger partial charge in [0.25, 0.3) is 0 Å². The average Bonchev–Trinajstić information content (AvgIpc) is 2.07. The highest BCUT2D eigenvalue weighted by molar-refractivity contribution is 5.09. The maximum atomic E-state index is 5.25. The Morgan fingerprint density at radius 2 is 2.45 bits per heavy atom. The number of ether oxygens (including phenoxy) is 1. The van der Waals surface area contributed by atoms with Crippen molar-refractivity contribution < 1.29 is 4.74 Å². The zero-order chi connectivity index (χ0) is 7.94. The summed E-state index contributed by atoms with van der Waals surface area (Å²) >= 11 is 0. The molecule has 0 spiro atoms. The predicted molar refractivity (Wildman–Crippen MR) is 44.5 cm³/mol. The molecule has 58 valence electrons. The minimum absolute atomic E-state index is 0.591. The van der Waals surface area contributed by atoms with Crippen molar-refractivity contribution in [2.45, 2.75) is 6.92 Å². The van der Waals surface area contributed by atoms with E-state index in [0.29, 0.717) is 12.5 Å². The third-order valence-electron chi connectivity index (χ3n) is 1.20. The fourth-order valence-corrected chi connectivity index (χ4v) is 0.662. The van der Waals surface area contributed by atoms with Crippen LogP contribution >= 0.6 is 0 Å².